The summed E-state index contributed by atoms with van der Waals surface area (Å²) in [6.07, 6.45) is 0. The van der Waals surface area contributed by atoms with Crippen molar-refractivity contribution in [3.8, 4) is 11.5 Å². The molecule has 0 aliphatic carbocycles. The van der Waals surface area contributed by atoms with Crippen LogP contribution in [-0.4, -0.2) is 33.3 Å². The highest BCUT2D eigenvalue weighted by atomic mass is 16.6. The number of hydrogen-bond acceptors (Lipinski definition) is 5. The molecular formula is C11H13NO4. The van der Waals surface area contributed by atoms with Gasteiger partial charge in [0.25, 0.3) is 0 Å². The van der Waals surface area contributed by atoms with Gasteiger partial charge in [0.2, 0.25) is 0 Å². The quantitative estimate of drug-likeness (QED) is 0.764. The molecule has 5 heteroatoms. The van der Waals surface area contributed by atoms with Gasteiger partial charge < -0.3 is 19.5 Å². The first-order valence-electron chi connectivity index (χ1n) is 4.96. The van der Waals surface area contributed by atoms with E-state index in [1.54, 1.807) is 19.2 Å². The minimum Gasteiger partial charge on any atom is -0.485 e. The van der Waals surface area contributed by atoms with Crippen LogP contribution in [0.2, 0.25) is 0 Å². The molecule has 1 heterocycles. The Kier molecular flexibility index (Phi) is 2.85. The Balaban J connectivity index is 2.52. The molecule has 5 nitrogen and oxygen atoms in total. The number of ether oxygens (including phenoxy) is 3. The molecule has 86 valence electrons. The molecule has 0 spiro atoms. The van der Waals surface area contributed by atoms with Crippen molar-refractivity contribution in [3.05, 3.63) is 17.7 Å². The van der Waals surface area contributed by atoms with E-state index in [0.717, 1.165) is 5.69 Å². The zero-order chi connectivity index (χ0) is 11.5. The van der Waals surface area contributed by atoms with Crippen LogP contribution in [0.3, 0.4) is 0 Å². The molecule has 1 N–H and O–H groups in total. The summed E-state index contributed by atoms with van der Waals surface area (Å²) in [5, 5.41) is 2.98. The van der Waals surface area contributed by atoms with Crippen molar-refractivity contribution < 1.29 is 19.0 Å². The van der Waals surface area contributed by atoms with Crippen LogP contribution in [0, 0.1) is 0 Å². The van der Waals surface area contributed by atoms with Crippen LogP contribution in [0.4, 0.5) is 5.69 Å². The number of methoxy groups -OCH3 is 1. The second-order valence-electron chi connectivity index (χ2n) is 3.26. The standard InChI is InChI=1S/C11H13NO4/c1-12-8-4-3-7(11(13)14-2)9-10(8)16-6-5-15-9/h3-4,12H,5-6H2,1-2H3/i1-1. The topological polar surface area (TPSA) is 56.8 Å². The van der Waals surface area contributed by atoms with Gasteiger partial charge in [-0.1, -0.05) is 0 Å². The Morgan fingerprint density at radius 1 is 1.31 bits per heavy atom. The first-order chi connectivity index (χ1) is 7.77. The summed E-state index contributed by atoms with van der Waals surface area (Å²) >= 11 is 0. The number of nitrogens with one attached hydrogen (secondary N) is 1. The molecule has 16 heavy (non-hydrogen) atoms. The van der Waals surface area contributed by atoms with Gasteiger partial charge in [-0.3, -0.25) is 0 Å². The molecule has 0 saturated heterocycles. The first-order valence-corrected chi connectivity index (χ1v) is 4.96. The lowest BCUT2D eigenvalue weighted by Gasteiger charge is -2.22. The lowest BCUT2D eigenvalue weighted by Crippen LogP contribution is -2.19. The fraction of sp³-hybridized carbons (Fsp3) is 0.364. The molecule has 0 radical (unpaired) electrons. The number of carbonyl (C=O) groups excluding carboxylic acids is 1. The van der Waals surface area contributed by atoms with Gasteiger partial charge in [-0.15, -0.1) is 0 Å². The molecule has 1 aliphatic heterocycles. The largest absolute Gasteiger partial charge is 0.485 e. The Bertz CT molecular complexity index is 417. The van der Waals surface area contributed by atoms with Gasteiger partial charge in [-0.05, 0) is 12.1 Å². The maximum Gasteiger partial charge on any atom is 0.341 e. The lowest BCUT2D eigenvalue weighted by atomic mass is 10.1. The van der Waals surface area contributed by atoms with E-state index in [1.807, 2.05) is 0 Å². The minimum absolute atomic E-state index is 0.385. The summed E-state index contributed by atoms with van der Waals surface area (Å²) in [6, 6.07) is 3.42. The Morgan fingerprint density at radius 2 is 2.00 bits per heavy atom. The number of rotatable bonds is 2. The molecule has 0 unspecified atom stereocenters. The van der Waals surface area contributed by atoms with Crippen molar-refractivity contribution in [1.82, 2.24) is 0 Å². The molecule has 1 aliphatic rings. The fourth-order valence-electron chi connectivity index (χ4n) is 1.60. The molecule has 0 saturated carbocycles. The summed E-state index contributed by atoms with van der Waals surface area (Å²) in [6.45, 7) is 0.913. The zero-order valence-electron chi connectivity index (χ0n) is 9.20. The predicted molar refractivity (Wildman–Crippen MR) is 58.3 cm³/mol. The molecular weight excluding hydrogens is 209 g/mol. The summed E-state index contributed by atoms with van der Waals surface area (Å²) in [7, 11) is 3.12. The summed E-state index contributed by atoms with van der Waals surface area (Å²) in [4.78, 5) is 11.5. The van der Waals surface area contributed by atoms with Crippen molar-refractivity contribution in [2.45, 2.75) is 0 Å². The van der Waals surface area contributed by atoms with Crippen LogP contribution >= 0.6 is 0 Å². The van der Waals surface area contributed by atoms with Gasteiger partial charge in [0, 0.05) is 7.05 Å². The van der Waals surface area contributed by atoms with Gasteiger partial charge in [-0.25, -0.2) is 4.79 Å². The molecule has 2 rings (SSSR count). The van der Waals surface area contributed by atoms with Crippen molar-refractivity contribution in [2.24, 2.45) is 0 Å². The normalized spacial score (nSPS) is 13.1. The summed E-state index contributed by atoms with van der Waals surface area (Å²) < 4.78 is 15.6. The molecule has 0 bridgehead atoms. The van der Waals surface area contributed by atoms with E-state index in [2.05, 4.69) is 10.1 Å². The average Bonchev–Trinajstić information content (AvgIpc) is 2.36. The fourth-order valence-corrected chi connectivity index (χ4v) is 1.60. The smallest absolute Gasteiger partial charge is 0.341 e. The number of esters is 1. The second-order valence-corrected chi connectivity index (χ2v) is 3.26. The number of carbonyl (C=O) groups is 1. The highest BCUT2D eigenvalue weighted by Crippen LogP contribution is 2.40. The monoisotopic (exact) mass is 222 g/mol. The Morgan fingerprint density at radius 3 is 2.62 bits per heavy atom. The molecule has 0 aromatic heterocycles. The van der Waals surface area contributed by atoms with Crippen molar-refractivity contribution in [1.29, 1.82) is 0 Å². The molecule has 0 atom stereocenters. The maximum atomic E-state index is 11.5. The van der Waals surface area contributed by atoms with Crippen LogP contribution in [0.15, 0.2) is 12.1 Å². The van der Waals surface area contributed by atoms with Crippen molar-refractivity contribution in [3.63, 3.8) is 0 Å². The van der Waals surface area contributed by atoms with Crippen molar-refractivity contribution in [2.75, 3.05) is 32.7 Å². The third-order valence-electron chi connectivity index (χ3n) is 2.36. The lowest BCUT2D eigenvalue weighted by molar-refractivity contribution is 0.0590. The molecule has 1 aromatic rings. The average molecular weight is 222 g/mol. The van der Waals surface area contributed by atoms with Crippen LogP contribution in [0.5, 0.6) is 11.5 Å². The highest BCUT2D eigenvalue weighted by Gasteiger charge is 2.23. The van der Waals surface area contributed by atoms with Crippen molar-refractivity contribution >= 4 is 11.7 Å². The highest BCUT2D eigenvalue weighted by molar-refractivity contribution is 5.95. The number of anilines is 1. The third kappa shape index (κ3) is 1.64. The van der Waals surface area contributed by atoms with Gasteiger partial charge in [-0.2, -0.15) is 0 Å². The number of fused-ring (bicyclic) bond motifs is 1. The van der Waals surface area contributed by atoms with Gasteiger partial charge in [0.05, 0.1) is 12.8 Å². The molecule has 1 aromatic carbocycles. The SMILES string of the molecule is COC(=O)c1ccc(N[11CH3])c2c1OCCO2. The van der Waals surface area contributed by atoms with Gasteiger partial charge >= 0.3 is 5.97 Å². The van der Waals surface area contributed by atoms with E-state index < -0.39 is 5.97 Å². The van der Waals surface area contributed by atoms with Gasteiger partial charge in [0.15, 0.2) is 11.5 Å². The summed E-state index contributed by atoms with van der Waals surface area (Å²) in [5.41, 5.74) is 1.18. The number of benzene rings is 1. The van der Waals surface area contributed by atoms with E-state index in [4.69, 9.17) is 9.47 Å². The van der Waals surface area contributed by atoms with Crippen LogP contribution in [0.25, 0.3) is 0 Å². The van der Waals surface area contributed by atoms with E-state index in [-0.39, 0.29) is 0 Å². The van der Waals surface area contributed by atoms with E-state index >= 15 is 0 Å². The number of hydrogen-bond donors (Lipinski definition) is 1. The van der Waals surface area contributed by atoms with Crippen LogP contribution in [0.1, 0.15) is 10.4 Å². The second kappa shape index (κ2) is 4.30. The van der Waals surface area contributed by atoms with Gasteiger partial charge in [0.1, 0.15) is 18.8 Å². The van der Waals surface area contributed by atoms with E-state index in [9.17, 15) is 4.79 Å². The molecule has 0 fully saturated rings. The predicted octanol–water partition coefficient (Wildman–Crippen LogP) is 1.29. The van der Waals surface area contributed by atoms with E-state index in [1.165, 1.54) is 7.11 Å². The minimum atomic E-state index is -0.426. The summed E-state index contributed by atoms with van der Waals surface area (Å²) in [5.74, 6) is 0.589. The van der Waals surface area contributed by atoms with E-state index in [0.29, 0.717) is 30.3 Å². The third-order valence-corrected chi connectivity index (χ3v) is 2.36. The Labute approximate surface area is 93.3 Å². The van der Waals surface area contributed by atoms with Crippen LogP contribution in [-0.2, 0) is 4.74 Å². The molecule has 0 amide bonds. The zero-order valence-corrected chi connectivity index (χ0v) is 9.20. The van der Waals surface area contributed by atoms with Crippen LogP contribution < -0.4 is 14.8 Å². The Hall–Kier alpha value is -1.91. The maximum absolute atomic E-state index is 11.5. The first kappa shape index (κ1) is 10.6.